The number of rotatable bonds is 3. The van der Waals surface area contributed by atoms with Crippen LogP contribution in [-0.4, -0.2) is 49.7 Å². The summed E-state index contributed by atoms with van der Waals surface area (Å²) in [7, 11) is 1.70. The molecule has 92 valence electrons. The van der Waals surface area contributed by atoms with Crippen molar-refractivity contribution >= 4 is 5.91 Å². The van der Waals surface area contributed by atoms with Gasteiger partial charge in [-0.25, -0.2) is 0 Å². The third kappa shape index (κ3) is 2.38. The first-order chi connectivity index (χ1) is 7.60. The second-order valence-corrected chi connectivity index (χ2v) is 5.37. The lowest BCUT2D eigenvalue weighted by atomic mass is 10.00. The minimum absolute atomic E-state index is 0.0622. The van der Waals surface area contributed by atoms with Crippen LogP contribution in [0.1, 0.15) is 20.3 Å². The normalized spacial score (nSPS) is 34.4. The zero-order chi connectivity index (χ0) is 11.7. The molecule has 1 N–H and O–H groups in total. The number of carbonyl (C=O) groups is 1. The summed E-state index contributed by atoms with van der Waals surface area (Å²) < 4.78 is 5.84. The van der Waals surface area contributed by atoms with Crippen molar-refractivity contribution in [3.63, 3.8) is 0 Å². The SMILES string of the molecule is CNC(=O)C1CC2CN(CC(C)C)CC1O2. The Bertz CT molecular complexity index is 268. The lowest BCUT2D eigenvalue weighted by Gasteiger charge is -2.33. The van der Waals surface area contributed by atoms with E-state index in [2.05, 4.69) is 24.1 Å². The second-order valence-electron chi connectivity index (χ2n) is 5.37. The Morgan fingerprint density at radius 3 is 2.88 bits per heavy atom. The predicted molar refractivity (Wildman–Crippen MR) is 62.1 cm³/mol. The van der Waals surface area contributed by atoms with E-state index in [4.69, 9.17) is 4.74 Å². The van der Waals surface area contributed by atoms with Crippen molar-refractivity contribution < 1.29 is 9.53 Å². The van der Waals surface area contributed by atoms with Crippen molar-refractivity contribution in [2.75, 3.05) is 26.7 Å². The van der Waals surface area contributed by atoms with E-state index in [0.29, 0.717) is 5.92 Å². The summed E-state index contributed by atoms with van der Waals surface area (Å²) in [6, 6.07) is 0. The molecule has 0 aromatic rings. The van der Waals surface area contributed by atoms with Gasteiger partial charge in [-0.1, -0.05) is 13.8 Å². The summed E-state index contributed by atoms with van der Waals surface area (Å²) >= 11 is 0. The van der Waals surface area contributed by atoms with Crippen molar-refractivity contribution in [2.45, 2.75) is 32.5 Å². The molecule has 2 aliphatic heterocycles. The second kappa shape index (κ2) is 4.72. The van der Waals surface area contributed by atoms with Crippen LogP contribution in [-0.2, 0) is 9.53 Å². The number of morpholine rings is 1. The number of nitrogens with one attached hydrogen (secondary N) is 1. The molecule has 0 aromatic carbocycles. The summed E-state index contributed by atoms with van der Waals surface area (Å²) in [5.74, 6) is 0.877. The monoisotopic (exact) mass is 226 g/mol. The van der Waals surface area contributed by atoms with Gasteiger partial charge in [0, 0.05) is 26.7 Å². The third-order valence-electron chi connectivity index (χ3n) is 3.44. The molecule has 4 heteroatoms. The number of ether oxygens (including phenoxy) is 1. The van der Waals surface area contributed by atoms with Gasteiger partial charge in [0.1, 0.15) is 0 Å². The average molecular weight is 226 g/mol. The highest BCUT2D eigenvalue weighted by Gasteiger charge is 2.44. The summed E-state index contributed by atoms with van der Waals surface area (Å²) in [6.45, 7) is 7.47. The molecule has 3 unspecified atom stereocenters. The van der Waals surface area contributed by atoms with Crippen LogP contribution in [0, 0.1) is 11.8 Å². The minimum Gasteiger partial charge on any atom is -0.371 e. The van der Waals surface area contributed by atoms with Gasteiger partial charge in [0.05, 0.1) is 18.1 Å². The fourth-order valence-electron chi connectivity index (χ4n) is 2.86. The Labute approximate surface area is 97.3 Å². The van der Waals surface area contributed by atoms with E-state index in [-0.39, 0.29) is 24.0 Å². The molecule has 0 aromatic heterocycles. The minimum atomic E-state index is 0.0622. The van der Waals surface area contributed by atoms with Crippen LogP contribution >= 0.6 is 0 Å². The maximum Gasteiger partial charge on any atom is 0.225 e. The zero-order valence-electron chi connectivity index (χ0n) is 10.4. The van der Waals surface area contributed by atoms with Gasteiger partial charge in [-0.05, 0) is 12.3 Å². The van der Waals surface area contributed by atoms with E-state index in [1.807, 2.05) is 0 Å². The molecule has 2 heterocycles. The van der Waals surface area contributed by atoms with Crippen LogP contribution < -0.4 is 5.32 Å². The Morgan fingerprint density at radius 2 is 2.25 bits per heavy atom. The molecule has 0 spiro atoms. The lowest BCUT2D eigenvalue weighted by molar-refractivity contribution is -0.127. The number of likely N-dealkylation sites (tertiary alicyclic amines) is 1. The van der Waals surface area contributed by atoms with Gasteiger partial charge in [-0.2, -0.15) is 0 Å². The van der Waals surface area contributed by atoms with Crippen molar-refractivity contribution in [3.05, 3.63) is 0 Å². The third-order valence-corrected chi connectivity index (χ3v) is 3.44. The number of amides is 1. The molecule has 0 aliphatic carbocycles. The molecule has 2 aliphatic rings. The summed E-state index contributed by atoms with van der Waals surface area (Å²) in [5, 5.41) is 2.74. The summed E-state index contributed by atoms with van der Waals surface area (Å²) in [6.07, 6.45) is 1.26. The van der Waals surface area contributed by atoms with Crippen molar-refractivity contribution in [3.8, 4) is 0 Å². The number of fused-ring (bicyclic) bond motifs is 2. The van der Waals surface area contributed by atoms with Gasteiger partial charge in [-0.3, -0.25) is 9.69 Å². The highest BCUT2D eigenvalue weighted by Crippen LogP contribution is 2.32. The molecule has 2 fully saturated rings. The molecule has 0 saturated carbocycles. The van der Waals surface area contributed by atoms with Crippen LogP contribution in [0.2, 0.25) is 0 Å². The highest BCUT2D eigenvalue weighted by molar-refractivity contribution is 5.79. The van der Waals surface area contributed by atoms with Crippen LogP contribution in [0.5, 0.6) is 0 Å². The van der Waals surface area contributed by atoms with Crippen molar-refractivity contribution in [1.29, 1.82) is 0 Å². The average Bonchev–Trinajstić information content (AvgIpc) is 2.52. The standard InChI is InChI=1S/C12H22N2O2/c1-8(2)5-14-6-9-4-10(12(15)13-3)11(7-14)16-9/h8-11H,4-7H2,1-3H3,(H,13,15). The largest absolute Gasteiger partial charge is 0.371 e. The maximum absolute atomic E-state index is 11.7. The number of carbonyl (C=O) groups excluding carboxylic acids is 1. The molecule has 4 nitrogen and oxygen atoms in total. The van der Waals surface area contributed by atoms with E-state index in [9.17, 15) is 4.79 Å². The molecular weight excluding hydrogens is 204 g/mol. The quantitative estimate of drug-likeness (QED) is 0.761. The Balaban J connectivity index is 1.95. The van der Waals surface area contributed by atoms with Gasteiger partial charge >= 0.3 is 0 Å². The first-order valence-corrected chi connectivity index (χ1v) is 6.19. The molecule has 2 rings (SSSR count). The first-order valence-electron chi connectivity index (χ1n) is 6.19. The van der Waals surface area contributed by atoms with Gasteiger partial charge in [0.25, 0.3) is 0 Å². The molecule has 0 radical (unpaired) electrons. The van der Waals surface area contributed by atoms with Crippen molar-refractivity contribution in [1.82, 2.24) is 10.2 Å². The van der Waals surface area contributed by atoms with Crippen LogP contribution in [0.4, 0.5) is 0 Å². The van der Waals surface area contributed by atoms with Gasteiger partial charge in [-0.15, -0.1) is 0 Å². The first kappa shape index (κ1) is 11.9. The Hall–Kier alpha value is -0.610. The van der Waals surface area contributed by atoms with Gasteiger partial charge in [0.2, 0.25) is 5.91 Å². The van der Waals surface area contributed by atoms with Crippen molar-refractivity contribution in [2.24, 2.45) is 11.8 Å². The van der Waals surface area contributed by atoms with E-state index >= 15 is 0 Å². The number of nitrogens with zero attached hydrogens (tertiary/aromatic N) is 1. The van der Waals surface area contributed by atoms with Crippen LogP contribution in [0.25, 0.3) is 0 Å². The Morgan fingerprint density at radius 1 is 1.50 bits per heavy atom. The van der Waals surface area contributed by atoms with E-state index in [1.165, 1.54) is 0 Å². The van der Waals surface area contributed by atoms with Gasteiger partial charge in [0.15, 0.2) is 0 Å². The van der Waals surface area contributed by atoms with E-state index in [0.717, 1.165) is 26.1 Å². The smallest absolute Gasteiger partial charge is 0.225 e. The number of hydrogen-bond donors (Lipinski definition) is 1. The summed E-state index contributed by atoms with van der Waals surface area (Å²) in [4.78, 5) is 14.1. The molecular formula is C12H22N2O2. The fourth-order valence-corrected chi connectivity index (χ4v) is 2.86. The predicted octanol–water partition coefficient (Wildman–Crippen LogP) is 0.478. The Kier molecular flexibility index (Phi) is 3.50. The lowest BCUT2D eigenvalue weighted by Crippen LogP contribution is -2.46. The molecule has 1 amide bonds. The number of hydrogen-bond acceptors (Lipinski definition) is 3. The maximum atomic E-state index is 11.7. The topological polar surface area (TPSA) is 41.6 Å². The van der Waals surface area contributed by atoms with E-state index in [1.54, 1.807) is 7.05 Å². The molecule has 2 bridgehead atoms. The van der Waals surface area contributed by atoms with E-state index < -0.39 is 0 Å². The molecule has 16 heavy (non-hydrogen) atoms. The van der Waals surface area contributed by atoms with Gasteiger partial charge < -0.3 is 10.1 Å². The van der Waals surface area contributed by atoms with Crippen LogP contribution in [0.3, 0.4) is 0 Å². The highest BCUT2D eigenvalue weighted by atomic mass is 16.5. The van der Waals surface area contributed by atoms with Crippen LogP contribution in [0.15, 0.2) is 0 Å². The zero-order valence-corrected chi connectivity index (χ0v) is 10.4. The summed E-state index contributed by atoms with van der Waals surface area (Å²) in [5.41, 5.74) is 0. The fraction of sp³-hybridized carbons (Fsp3) is 0.917. The molecule has 2 saturated heterocycles. The molecule has 3 atom stereocenters.